The van der Waals surface area contributed by atoms with Gasteiger partial charge in [-0.05, 0) is 25.5 Å². The molecular formula is C13H18N2OS. The number of methoxy groups -OCH3 is 1. The number of benzene rings is 1. The Hall–Kier alpha value is -0.970. The number of hydrogen-bond donors (Lipinski definition) is 1. The van der Waals surface area contributed by atoms with Crippen molar-refractivity contribution >= 4 is 21.6 Å². The van der Waals surface area contributed by atoms with E-state index >= 15 is 0 Å². The number of hydrogen-bond acceptors (Lipinski definition) is 4. The predicted octanol–water partition coefficient (Wildman–Crippen LogP) is 2.81. The first kappa shape index (κ1) is 12.5. The van der Waals surface area contributed by atoms with E-state index in [2.05, 4.69) is 35.4 Å². The van der Waals surface area contributed by atoms with Gasteiger partial charge in [0.2, 0.25) is 0 Å². The molecule has 0 aliphatic heterocycles. The molecule has 1 N–H and O–H groups in total. The normalized spacial score (nSPS) is 13.1. The fraction of sp³-hybridized carbons (Fsp3) is 0.462. The third-order valence-electron chi connectivity index (χ3n) is 2.69. The smallest absolute Gasteiger partial charge is 0.108 e. The average molecular weight is 250 g/mol. The van der Waals surface area contributed by atoms with Gasteiger partial charge in [0, 0.05) is 26.3 Å². The van der Waals surface area contributed by atoms with E-state index in [4.69, 9.17) is 4.74 Å². The molecule has 1 heterocycles. The van der Waals surface area contributed by atoms with Crippen LogP contribution in [0.3, 0.4) is 0 Å². The van der Waals surface area contributed by atoms with Crippen molar-refractivity contribution in [1.82, 2.24) is 10.3 Å². The number of thiazole rings is 1. The van der Waals surface area contributed by atoms with Crippen LogP contribution in [-0.4, -0.2) is 24.7 Å². The summed E-state index contributed by atoms with van der Waals surface area (Å²) >= 11 is 1.76. The number of fused-ring (bicyclic) bond motifs is 1. The van der Waals surface area contributed by atoms with Crippen molar-refractivity contribution in [3.8, 4) is 0 Å². The van der Waals surface area contributed by atoms with Gasteiger partial charge in [0.25, 0.3) is 0 Å². The maximum atomic E-state index is 5.06. The Morgan fingerprint density at radius 3 is 3.00 bits per heavy atom. The standard InChI is InChI=1S/C13H18N2OS/c1-10(7-8-16-2)14-9-13-15-11-5-3-4-6-12(11)17-13/h3-6,10,14H,7-9H2,1-2H3. The first-order valence-corrected chi connectivity index (χ1v) is 6.68. The van der Waals surface area contributed by atoms with Gasteiger partial charge in [0.1, 0.15) is 5.01 Å². The highest BCUT2D eigenvalue weighted by Gasteiger charge is 2.05. The van der Waals surface area contributed by atoms with Gasteiger partial charge >= 0.3 is 0 Å². The van der Waals surface area contributed by atoms with Gasteiger partial charge in [-0.25, -0.2) is 4.98 Å². The molecule has 0 amide bonds. The van der Waals surface area contributed by atoms with Gasteiger partial charge in [0.15, 0.2) is 0 Å². The molecule has 2 rings (SSSR count). The second-order valence-corrected chi connectivity index (χ2v) is 5.25. The van der Waals surface area contributed by atoms with Crippen LogP contribution in [0.2, 0.25) is 0 Å². The third kappa shape index (κ3) is 3.49. The monoisotopic (exact) mass is 250 g/mol. The van der Waals surface area contributed by atoms with E-state index in [0.717, 1.165) is 30.1 Å². The average Bonchev–Trinajstić information content (AvgIpc) is 2.76. The number of nitrogens with zero attached hydrogens (tertiary/aromatic N) is 1. The summed E-state index contributed by atoms with van der Waals surface area (Å²) in [6, 6.07) is 8.72. The molecule has 0 aliphatic carbocycles. The summed E-state index contributed by atoms with van der Waals surface area (Å²) in [5.74, 6) is 0. The van der Waals surface area contributed by atoms with Crippen molar-refractivity contribution < 1.29 is 4.74 Å². The molecule has 0 aliphatic rings. The minimum atomic E-state index is 0.460. The Morgan fingerprint density at radius 1 is 1.41 bits per heavy atom. The molecule has 0 fully saturated rings. The van der Waals surface area contributed by atoms with Crippen molar-refractivity contribution in [3.63, 3.8) is 0 Å². The molecule has 4 heteroatoms. The second kappa shape index (κ2) is 6.10. The molecule has 0 bridgehead atoms. The van der Waals surface area contributed by atoms with Gasteiger partial charge in [0.05, 0.1) is 10.2 Å². The maximum Gasteiger partial charge on any atom is 0.108 e. The van der Waals surface area contributed by atoms with Crippen LogP contribution in [0.25, 0.3) is 10.2 Å². The van der Waals surface area contributed by atoms with Crippen LogP contribution in [-0.2, 0) is 11.3 Å². The lowest BCUT2D eigenvalue weighted by Crippen LogP contribution is -2.26. The summed E-state index contributed by atoms with van der Waals surface area (Å²) in [5.41, 5.74) is 1.10. The van der Waals surface area contributed by atoms with Crippen molar-refractivity contribution in [1.29, 1.82) is 0 Å². The van der Waals surface area contributed by atoms with Crippen LogP contribution >= 0.6 is 11.3 Å². The van der Waals surface area contributed by atoms with Gasteiger partial charge in [-0.2, -0.15) is 0 Å². The molecule has 92 valence electrons. The highest BCUT2D eigenvalue weighted by Crippen LogP contribution is 2.21. The highest BCUT2D eigenvalue weighted by atomic mass is 32.1. The quantitative estimate of drug-likeness (QED) is 0.856. The van der Waals surface area contributed by atoms with E-state index in [-0.39, 0.29) is 0 Å². The first-order chi connectivity index (χ1) is 8.29. The van der Waals surface area contributed by atoms with Crippen molar-refractivity contribution in [2.45, 2.75) is 25.9 Å². The largest absolute Gasteiger partial charge is 0.385 e. The van der Waals surface area contributed by atoms with E-state index in [1.54, 1.807) is 18.4 Å². The van der Waals surface area contributed by atoms with Crippen LogP contribution in [0.15, 0.2) is 24.3 Å². The Morgan fingerprint density at radius 2 is 2.24 bits per heavy atom. The molecule has 3 nitrogen and oxygen atoms in total. The van der Waals surface area contributed by atoms with Crippen LogP contribution in [0.5, 0.6) is 0 Å². The third-order valence-corrected chi connectivity index (χ3v) is 3.73. The molecule has 0 saturated heterocycles. The zero-order chi connectivity index (χ0) is 12.1. The summed E-state index contributed by atoms with van der Waals surface area (Å²) in [4.78, 5) is 4.59. The van der Waals surface area contributed by atoms with Crippen LogP contribution in [0.4, 0.5) is 0 Å². The van der Waals surface area contributed by atoms with Gasteiger partial charge in [-0.15, -0.1) is 11.3 Å². The first-order valence-electron chi connectivity index (χ1n) is 5.86. The van der Waals surface area contributed by atoms with E-state index < -0.39 is 0 Å². The number of aromatic nitrogens is 1. The topological polar surface area (TPSA) is 34.1 Å². The Bertz CT molecular complexity index is 436. The summed E-state index contributed by atoms with van der Waals surface area (Å²) in [7, 11) is 1.74. The number of para-hydroxylation sites is 1. The van der Waals surface area contributed by atoms with Crippen LogP contribution in [0, 0.1) is 0 Å². The molecule has 1 unspecified atom stereocenters. The molecule has 1 aromatic carbocycles. The van der Waals surface area contributed by atoms with Gasteiger partial charge in [-0.1, -0.05) is 12.1 Å². The summed E-state index contributed by atoms with van der Waals surface area (Å²) in [6.45, 7) is 3.81. The minimum absolute atomic E-state index is 0.460. The minimum Gasteiger partial charge on any atom is -0.385 e. The zero-order valence-corrected chi connectivity index (χ0v) is 11.1. The molecule has 0 saturated carbocycles. The molecule has 0 radical (unpaired) electrons. The molecule has 0 spiro atoms. The molecular weight excluding hydrogens is 232 g/mol. The lowest BCUT2D eigenvalue weighted by Gasteiger charge is -2.11. The van der Waals surface area contributed by atoms with Gasteiger partial charge < -0.3 is 10.1 Å². The molecule has 1 aromatic heterocycles. The maximum absolute atomic E-state index is 5.06. The zero-order valence-electron chi connectivity index (χ0n) is 10.3. The fourth-order valence-corrected chi connectivity index (χ4v) is 2.57. The van der Waals surface area contributed by atoms with Gasteiger partial charge in [-0.3, -0.25) is 0 Å². The van der Waals surface area contributed by atoms with Crippen molar-refractivity contribution in [2.75, 3.05) is 13.7 Å². The lowest BCUT2D eigenvalue weighted by atomic mass is 10.2. The molecule has 2 aromatic rings. The summed E-state index contributed by atoms with van der Waals surface area (Å²) < 4.78 is 6.32. The predicted molar refractivity (Wildman–Crippen MR) is 72.4 cm³/mol. The molecule has 17 heavy (non-hydrogen) atoms. The Labute approximate surface area is 106 Å². The van der Waals surface area contributed by atoms with Crippen LogP contribution in [0.1, 0.15) is 18.4 Å². The summed E-state index contributed by atoms with van der Waals surface area (Å²) in [5, 5.41) is 4.61. The number of nitrogens with one attached hydrogen (secondary N) is 1. The Kier molecular flexibility index (Phi) is 4.48. The number of rotatable bonds is 6. The van der Waals surface area contributed by atoms with Crippen LogP contribution < -0.4 is 5.32 Å². The van der Waals surface area contributed by atoms with E-state index in [1.807, 2.05) is 6.07 Å². The highest BCUT2D eigenvalue weighted by molar-refractivity contribution is 7.18. The number of ether oxygens (including phenoxy) is 1. The summed E-state index contributed by atoms with van der Waals surface area (Å²) in [6.07, 6.45) is 1.03. The van der Waals surface area contributed by atoms with E-state index in [1.165, 1.54) is 4.70 Å². The lowest BCUT2D eigenvalue weighted by molar-refractivity contribution is 0.184. The SMILES string of the molecule is COCCC(C)NCc1nc2ccccc2s1. The Balaban J connectivity index is 1.90. The fourth-order valence-electron chi connectivity index (χ4n) is 1.65. The van der Waals surface area contributed by atoms with E-state index in [0.29, 0.717) is 6.04 Å². The van der Waals surface area contributed by atoms with Crippen molar-refractivity contribution in [3.05, 3.63) is 29.3 Å². The van der Waals surface area contributed by atoms with Crippen molar-refractivity contribution in [2.24, 2.45) is 0 Å². The second-order valence-electron chi connectivity index (χ2n) is 4.14. The molecule has 1 atom stereocenters. The van der Waals surface area contributed by atoms with E-state index in [9.17, 15) is 0 Å².